The molecule has 0 saturated carbocycles. The molecule has 0 radical (unpaired) electrons. The van der Waals surface area contributed by atoms with Gasteiger partial charge in [-0.05, 0) is 25.5 Å². The predicted molar refractivity (Wildman–Crippen MR) is 88.2 cm³/mol. The van der Waals surface area contributed by atoms with Gasteiger partial charge in [-0.3, -0.25) is 10.1 Å². The number of fused-ring (bicyclic) bond motifs is 1. The Bertz CT molecular complexity index is 953. The van der Waals surface area contributed by atoms with E-state index in [0.29, 0.717) is 21.9 Å². The van der Waals surface area contributed by atoms with Gasteiger partial charge in [0, 0.05) is 17.8 Å². The summed E-state index contributed by atoms with van der Waals surface area (Å²) in [7, 11) is -1.61. The van der Waals surface area contributed by atoms with Gasteiger partial charge in [0.25, 0.3) is 5.69 Å². The van der Waals surface area contributed by atoms with Crippen molar-refractivity contribution in [3.8, 4) is 0 Å². The van der Waals surface area contributed by atoms with Gasteiger partial charge in [-0.25, -0.2) is 19.2 Å². The lowest BCUT2D eigenvalue weighted by Crippen LogP contribution is -2.04. The Balaban J connectivity index is 2.00. The molecular weight excluding hydrogens is 330 g/mol. The zero-order chi connectivity index (χ0) is 17.3. The Morgan fingerprint density at radius 1 is 1.25 bits per heavy atom. The molecule has 0 aliphatic carbocycles. The summed E-state index contributed by atoms with van der Waals surface area (Å²) >= 11 is 0. The molecule has 1 atom stereocenters. The van der Waals surface area contributed by atoms with E-state index >= 15 is 0 Å². The lowest BCUT2D eigenvalue weighted by molar-refractivity contribution is -0.384. The fourth-order valence-corrected chi connectivity index (χ4v) is 3.39. The first-order valence-electron chi connectivity index (χ1n) is 7.38. The second kappa shape index (κ2) is 6.44. The van der Waals surface area contributed by atoms with E-state index in [2.05, 4.69) is 19.9 Å². The number of H-pyrrole nitrogens is 1. The molecule has 3 aromatic rings. The van der Waals surface area contributed by atoms with Crippen LogP contribution in [-0.4, -0.2) is 29.1 Å². The zero-order valence-electron chi connectivity index (χ0n) is 13.1. The lowest BCUT2D eigenvalue weighted by Gasteiger charge is -2.03. The highest BCUT2D eigenvalue weighted by molar-refractivity contribution is 7.84. The Labute approximate surface area is 140 Å². The first-order valence-corrected chi connectivity index (χ1v) is 8.53. The number of nitro groups is 1. The van der Waals surface area contributed by atoms with Crippen LogP contribution in [0.1, 0.15) is 24.9 Å². The maximum Gasteiger partial charge on any atom is 0.271 e. The smallest absolute Gasteiger partial charge is 0.271 e. The fourth-order valence-electron chi connectivity index (χ4n) is 2.35. The van der Waals surface area contributed by atoms with Crippen molar-refractivity contribution >= 4 is 27.5 Å². The van der Waals surface area contributed by atoms with Crippen molar-refractivity contribution in [1.82, 2.24) is 19.9 Å². The third-order valence-corrected chi connectivity index (χ3v) is 4.53. The van der Waals surface area contributed by atoms with E-state index in [1.807, 2.05) is 6.92 Å². The molecule has 0 bridgehead atoms. The van der Waals surface area contributed by atoms with Crippen LogP contribution in [0.4, 0.5) is 5.69 Å². The van der Waals surface area contributed by atoms with Crippen LogP contribution in [0.2, 0.25) is 0 Å². The van der Waals surface area contributed by atoms with E-state index < -0.39 is 15.7 Å². The van der Waals surface area contributed by atoms with E-state index in [0.717, 1.165) is 18.5 Å². The quantitative estimate of drug-likeness (QED) is 0.432. The Morgan fingerprint density at radius 3 is 2.75 bits per heavy atom. The monoisotopic (exact) mass is 345 g/mol. The summed E-state index contributed by atoms with van der Waals surface area (Å²) in [5.41, 5.74) is 1.77. The zero-order valence-corrected chi connectivity index (χ0v) is 14.0. The highest BCUT2D eigenvalue weighted by Crippen LogP contribution is 2.22. The lowest BCUT2D eigenvalue weighted by atomic mass is 10.2. The molecule has 0 amide bonds. The third-order valence-electron chi connectivity index (χ3n) is 3.39. The molecule has 24 heavy (non-hydrogen) atoms. The van der Waals surface area contributed by atoms with Crippen LogP contribution in [0.25, 0.3) is 11.0 Å². The van der Waals surface area contributed by atoms with Gasteiger partial charge in [0.1, 0.15) is 21.6 Å². The topological polar surface area (TPSA) is 115 Å². The van der Waals surface area contributed by atoms with Gasteiger partial charge < -0.3 is 4.98 Å². The molecular formula is C15H15N5O3S. The van der Waals surface area contributed by atoms with Crippen molar-refractivity contribution in [2.45, 2.75) is 36.9 Å². The van der Waals surface area contributed by atoms with E-state index in [1.165, 1.54) is 18.2 Å². The summed E-state index contributed by atoms with van der Waals surface area (Å²) in [6.45, 7) is 3.79. The van der Waals surface area contributed by atoms with Gasteiger partial charge in [-0.15, -0.1) is 0 Å². The maximum atomic E-state index is 12.7. The van der Waals surface area contributed by atoms with Crippen LogP contribution in [0.5, 0.6) is 0 Å². The van der Waals surface area contributed by atoms with Crippen LogP contribution in [0.3, 0.4) is 0 Å². The SMILES string of the molecule is CCCc1cc(S(=O)c2nc3ccc([N+](=O)[O-])cc3[nH]2)nc(C)n1. The number of aryl methyl sites for hydroxylation is 2. The molecule has 9 heteroatoms. The summed E-state index contributed by atoms with van der Waals surface area (Å²) in [6, 6.07) is 5.97. The minimum Gasteiger partial charge on any atom is -0.330 e. The summed E-state index contributed by atoms with van der Waals surface area (Å²) < 4.78 is 12.7. The van der Waals surface area contributed by atoms with Crippen LogP contribution in [0.15, 0.2) is 34.4 Å². The number of hydrogen-bond donors (Lipinski definition) is 1. The summed E-state index contributed by atoms with van der Waals surface area (Å²) in [5.74, 6) is 0.552. The largest absolute Gasteiger partial charge is 0.330 e. The van der Waals surface area contributed by atoms with E-state index in [4.69, 9.17) is 0 Å². The van der Waals surface area contributed by atoms with E-state index in [9.17, 15) is 14.3 Å². The molecule has 1 aromatic carbocycles. The molecule has 0 spiro atoms. The molecule has 2 aromatic heterocycles. The number of rotatable bonds is 5. The number of hydrogen-bond acceptors (Lipinski definition) is 6. The van der Waals surface area contributed by atoms with Crippen molar-refractivity contribution in [1.29, 1.82) is 0 Å². The molecule has 2 heterocycles. The summed E-state index contributed by atoms with van der Waals surface area (Å²) in [4.78, 5) is 26.0. The highest BCUT2D eigenvalue weighted by Gasteiger charge is 2.17. The predicted octanol–water partition coefficient (Wildman–Crippen LogP) is 2.69. The number of nitro benzene ring substituents is 1. The molecule has 0 aliphatic rings. The highest BCUT2D eigenvalue weighted by atomic mass is 32.2. The van der Waals surface area contributed by atoms with Crippen LogP contribution >= 0.6 is 0 Å². The number of non-ortho nitro benzene ring substituents is 1. The van der Waals surface area contributed by atoms with Crippen molar-refractivity contribution in [3.63, 3.8) is 0 Å². The normalized spacial score (nSPS) is 12.4. The molecule has 1 N–H and O–H groups in total. The number of aromatic nitrogens is 4. The average Bonchev–Trinajstić information content (AvgIpc) is 2.96. The molecule has 1 unspecified atom stereocenters. The molecule has 8 nitrogen and oxygen atoms in total. The van der Waals surface area contributed by atoms with Gasteiger partial charge in [-0.1, -0.05) is 13.3 Å². The van der Waals surface area contributed by atoms with Crippen LogP contribution in [0, 0.1) is 17.0 Å². The average molecular weight is 345 g/mol. The van der Waals surface area contributed by atoms with Crippen molar-refractivity contribution < 1.29 is 9.13 Å². The van der Waals surface area contributed by atoms with Crippen LogP contribution in [-0.2, 0) is 17.2 Å². The minimum atomic E-state index is -1.61. The second-order valence-electron chi connectivity index (χ2n) is 5.26. The molecule has 0 fully saturated rings. The number of aromatic amines is 1. The molecule has 0 saturated heterocycles. The number of benzene rings is 1. The van der Waals surface area contributed by atoms with E-state index in [-0.39, 0.29) is 10.8 Å². The third kappa shape index (κ3) is 3.16. The van der Waals surface area contributed by atoms with Crippen LogP contribution < -0.4 is 0 Å². The number of imidazole rings is 1. The molecule has 0 aliphatic heterocycles. The molecule has 3 rings (SSSR count). The van der Waals surface area contributed by atoms with Crippen molar-refractivity contribution in [2.75, 3.05) is 0 Å². The van der Waals surface area contributed by atoms with Gasteiger partial charge in [0.2, 0.25) is 5.16 Å². The Hall–Kier alpha value is -2.68. The van der Waals surface area contributed by atoms with Gasteiger partial charge in [0.05, 0.1) is 16.0 Å². The Morgan fingerprint density at radius 2 is 2.04 bits per heavy atom. The standard InChI is InChI=1S/C15H15N5O3S/c1-3-4-10-7-14(17-9(2)16-10)24(23)15-18-12-6-5-11(20(21)22)8-13(12)19-15/h5-8H,3-4H2,1-2H3,(H,18,19). The fraction of sp³-hybridized carbons (Fsp3) is 0.267. The first kappa shape index (κ1) is 16.2. The summed E-state index contributed by atoms with van der Waals surface area (Å²) in [5, 5.41) is 11.4. The Kier molecular flexibility index (Phi) is 4.34. The second-order valence-corrected chi connectivity index (χ2v) is 6.61. The van der Waals surface area contributed by atoms with Crippen molar-refractivity contribution in [2.24, 2.45) is 0 Å². The number of nitrogens with one attached hydrogen (secondary N) is 1. The minimum absolute atomic E-state index is 0.0494. The summed E-state index contributed by atoms with van der Waals surface area (Å²) in [6.07, 6.45) is 1.71. The van der Waals surface area contributed by atoms with Gasteiger partial charge in [0.15, 0.2) is 0 Å². The van der Waals surface area contributed by atoms with Gasteiger partial charge in [-0.2, -0.15) is 0 Å². The molecule has 124 valence electrons. The first-order chi connectivity index (χ1) is 11.5. The van der Waals surface area contributed by atoms with Crippen molar-refractivity contribution in [3.05, 3.63) is 45.9 Å². The van der Waals surface area contributed by atoms with Gasteiger partial charge >= 0.3 is 0 Å². The van der Waals surface area contributed by atoms with E-state index in [1.54, 1.807) is 13.0 Å². The maximum absolute atomic E-state index is 12.7. The number of nitrogens with zero attached hydrogens (tertiary/aromatic N) is 4.